The molecule has 0 aliphatic carbocycles. The Labute approximate surface area is 73.3 Å². The molecule has 0 aliphatic rings. The van der Waals surface area contributed by atoms with Crippen LogP contribution in [0.3, 0.4) is 0 Å². The molecule has 0 amide bonds. The summed E-state index contributed by atoms with van der Waals surface area (Å²) in [5.74, 6) is 0. The summed E-state index contributed by atoms with van der Waals surface area (Å²) in [4.78, 5) is 11.4. The summed E-state index contributed by atoms with van der Waals surface area (Å²) in [6, 6.07) is 0. The van der Waals surface area contributed by atoms with Crippen LogP contribution < -0.4 is 0 Å². The van der Waals surface area contributed by atoms with E-state index in [1.807, 2.05) is 13.8 Å². The van der Waals surface area contributed by atoms with E-state index in [-0.39, 0.29) is 0 Å². The van der Waals surface area contributed by atoms with Gasteiger partial charge in [0.05, 0.1) is 0 Å². The molecule has 1 nitrogen and oxygen atoms in total. The van der Waals surface area contributed by atoms with Crippen LogP contribution in [0.15, 0.2) is 10.5 Å². The molecule has 0 heterocycles. The number of carbonyl (C=O) groups excluding carboxylic acids is 1. The van der Waals surface area contributed by atoms with E-state index in [2.05, 4.69) is 13.8 Å². The van der Waals surface area contributed by atoms with Gasteiger partial charge in [0, 0.05) is 10.2 Å². The highest BCUT2D eigenvalue weighted by molar-refractivity contribution is 8.04. The lowest BCUT2D eigenvalue weighted by molar-refractivity contribution is -0.104. The quantitative estimate of drug-likeness (QED) is 0.479. The van der Waals surface area contributed by atoms with Gasteiger partial charge < -0.3 is 0 Å². The van der Waals surface area contributed by atoms with E-state index in [0.717, 1.165) is 23.2 Å². The van der Waals surface area contributed by atoms with Crippen LogP contribution in [0.1, 0.15) is 34.1 Å². The zero-order valence-corrected chi connectivity index (χ0v) is 8.49. The van der Waals surface area contributed by atoms with Crippen molar-refractivity contribution >= 4 is 18.0 Å². The standard InChI is InChI=1S/C9H16OS/c1-5-8(4)11-9(6-10)7(2)3/h6,8H,5H2,1-4H3. The number of aldehydes is 1. The van der Waals surface area contributed by atoms with Crippen LogP contribution in [-0.4, -0.2) is 11.5 Å². The molecule has 1 atom stereocenters. The minimum absolute atomic E-state index is 0.546. The van der Waals surface area contributed by atoms with Crippen molar-refractivity contribution in [2.24, 2.45) is 0 Å². The highest BCUT2D eigenvalue weighted by atomic mass is 32.2. The average Bonchev–Trinajstić information content (AvgIpc) is 1.99. The molecule has 0 spiro atoms. The first kappa shape index (κ1) is 10.8. The van der Waals surface area contributed by atoms with Crippen molar-refractivity contribution in [3.63, 3.8) is 0 Å². The minimum Gasteiger partial charge on any atom is -0.297 e. The molecular formula is C9H16OS. The molecular weight excluding hydrogens is 156 g/mol. The fourth-order valence-corrected chi connectivity index (χ4v) is 1.45. The van der Waals surface area contributed by atoms with Gasteiger partial charge in [-0.25, -0.2) is 0 Å². The van der Waals surface area contributed by atoms with Gasteiger partial charge in [0.1, 0.15) is 0 Å². The maximum atomic E-state index is 10.5. The van der Waals surface area contributed by atoms with Crippen molar-refractivity contribution in [1.82, 2.24) is 0 Å². The number of thioether (sulfide) groups is 1. The van der Waals surface area contributed by atoms with Crippen molar-refractivity contribution < 1.29 is 4.79 Å². The minimum atomic E-state index is 0.546. The van der Waals surface area contributed by atoms with Gasteiger partial charge in [-0.3, -0.25) is 4.79 Å². The van der Waals surface area contributed by atoms with Crippen LogP contribution >= 0.6 is 11.8 Å². The molecule has 0 saturated heterocycles. The third-order valence-electron chi connectivity index (χ3n) is 1.50. The van der Waals surface area contributed by atoms with Gasteiger partial charge in [-0.15, -0.1) is 11.8 Å². The summed E-state index contributed by atoms with van der Waals surface area (Å²) >= 11 is 1.66. The Morgan fingerprint density at radius 1 is 1.55 bits per heavy atom. The maximum absolute atomic E-state index is 10.5. The predicted molar refractivity (Wildman–Crippen MR) is 51.8 cm³/mol. The molecule has 0 bridgehead atoms. The second-order valence-electron chi connectivity index (χ2n) is 2.82. The second-order valence-corrected chi connectivity index (χ2v) is 4.30. The molecule has 2 heteroatoms. The van der Waals surface area contributed by atoms with Gasteiger partial charge in [-0.05, 0) is 20.3 Å². The van der Waals surface area contributed by atoms with Crippen LogP contribution in [0.2, 0.25) is 0 Å². The third-order valence-corrected chi connectivity index (χ3v) is 3.00. The summed E-state index contributed by atoms with van der Waals surface area (Å²) in [5.41, 5.74) is 1.12. The van der Waals surface area contributed by atoms with Gasteiger partial charge in [0.25, 0.3) is 0 Å². The third kappa shape index (κ3) is 4.25. The predicted octanol–water partition coefficient (Wildman–Crippen LogP) is 3.01. The molecule has 0 saturated carbocycles. The van der Waals surface area contributed by atoms with Gasteiger partial charge in [-0.1, -0.05) is 19.4 Å². The van der Waals surface area contributed by atoms with Crippen molar-refractivity contribution in [3.05, 3.63) is 10.5 Å². The topological polar surface area (TPSA) is 17.1 Å². The molecule has 64 valence electrons. The lowest BCUT2D eigenvalue weighted by Crippen LogP contribution is -1.95. The number of rotatable bonds is 4. The van der Waals surface area contributed by atoms with Crippen molar-refractivity contribution in [1.29, 1.82) is 0 Å². The normalized spacial score (nSPS) is 12.4. The van der Waals surface area contributed by atoms with Crippen molar-refractivity contribution in [2.75, 3.05) is 0 Å². The fourth-order valence-electron chi connectivity index (χ4n) is 0.564. The van der Waals surface area contributed by atoms with Crippen LogP contribution in [0.25, 0.3) is 0 Å². The smallest absolute Gasteiger partial charge is 0.156 e. The fraction of sp³-hybridized carbons (Fsp3) is 0.667. The van der Waals surface area contributed by atoms with E-state index >= 15 is 0 Å². The first-order valence-electron chi connectivity index (χ1n) is 3.91. The molecule has 0 rings (SSSR count). The number of carbonyl (C=O) groups is 1. The molecule has 0 N–H and O–H groups in total. The number of hydrogen-bond acceptors (Lipinski definition) is 2. The number of allylic oxidation sites excluding steroid dienone is 2. The number of hydrogen-bond donors (Lipinski definition) is 0. The van der Waals surface area contributed by atoms with Crippen LogP contribution in [-0.2, 0) is 4.79 Å². The van der Waals surface area contributed by atoms with E-state index < -0.39 is 0 Å². The summed E-state index contributed by atoms with van der Waals surface area (Å²) < 4.78 is 0. The molecule has 0 aliphatic heterocycles. The van der Waals surface area contributed by atoms with Crippen molar-refractivity contribution in [2.45, 2.75) is 39.4 Å². The Balaban J connectivity index is 4.10. The summed E-state index contributed by atoms with van der Waals surface area (Å²) in [6.45, 7) is 8.21. The Hall–Kier alpha value is -0.240. The van der Waals surface area contributed by atoms with Gasteiger partial charge in [-0.2, -0.15) is 0 Å². The van der Waals surface area contributed by atoms with Crippen LogP contribution in [0.5, 0.6) is 0 Å². The summed E-state index contributed by atoms with van der Waals surface area (Å²) in [6.07, 6.45) is 2.06. The molecule has 0 aromatic heterocycles. The lowest BCUT2D eigenvalue weighted by Gasteiger charge is -2.07. The molecule has 1 unspecified atom stereocenters. The Morgan fingerprint density at radius 3 is 2.36 bits per heavy atom. The summed E-state index contributed by atoms with van der Waals surface area (Å²) in [5, 5.41) is 0.546. The average molecular weight is 172 g/mol. The van der Waals surface area contributed by atoms with E-state index in [9.17, 15) is 4.79 Å². The molecule has 0 aromatic carbocycles. The zero-order valence-electron chi connectivity index (χ0n) is 7.68. The first-order chi connectivity index (χ1) is 5.11. The highest BCUT2D eigenvalue weighted by Crippen LogP contribution is 2.24. The maximum Gasteiger partial charge on any atom is 0.156 e. The van der Waals surface area contributed by atoms with Crippen LogP contribution in [0, 0.1) is 0 Å². The second kappa shape index (κ2) is 5.42. The Morgan fingerprint density at radius 2 is 2.09 bits per heavy atom. The van der Waals surface area contributed by atoms with Crippen LogP contribution in [0.4, 0.5) is 0 Å². The van der Waals surface area contributed by atoms with E-state index in [1.54, 1.807) is 11.8 Å². The molecule has 0 aromatic rings. The van der Waals surface area contributed by atoms with E-state index in [4.69, 9.17) is 0 Å². The lowest BCUT2D eigenvalue weighted by atomic mass is 10.3. The zero-order chi connectivity index (χ0) is 8.85. The summed E-state index contributed by atoms with van der Waals surface area (Å²) in [7, 11) is 0. The molecule has 0 radical (unpaired) electrons. The van der Waals surface area contributed by atoms with E-state index in [1.165, 1.54) is 0 Å². The molecule has 0 fully saturated rings. The first-order valence-corrected chi connectivity index (χ1v) is 4.79. The van der Waals surface area contributed by atoms with Crippen molar-refractivity contribution in [3.8, 4) is 0 Å². The van der Waals surface area contributed by atoms with E-state index in [0.29, 0.717) is 5.25 Å². The largest absolute Gasteiger partial charge is 0.297 e. The Bertz CT molecular complexity index is 157. The van der Waals surface area contributed by atoms with Gasteiger partial charge in [0.2, 0.25) is 0 Å². The highest BCUT2D eigenvalue weighted by Gasteiger charge is 2.04. The SMILES string of the molecule is CCC(C)SC(C=O)=C(C)C. The van der Waals surface area contributed by atoms with Gasteiger partial charge >= 0.3 is 0 Å². The van der Waals surface area contributed by atoms with Gasteiger partial charge in [0.15, 0.2) is 6.29 Å². The molecule has 11 heavy (non-hydrogen) atoms. The monoisotopic (exact) mass is 172 g/mol. The Kier molecular flexibility index (Phi) is 5.30.